The van der Waals surface area contributed by atoms with Crippen LogP contribution in [0.3, 0.4) is 0 Å². The molecule has 1 aliphatic heterocycles. The molecule has 26 heavy (non-hydrogen) atoms. The van der Waals surface area contributed by atoms with E-state index in [0.717, 1.165) is 31.3 Å². The number of non-ortho nitro benzene ring substituents is 2. The van der Waals surface area contributed by atoms with E-state index < -0.39 is 27.1 Å². The molecule has 0 spiro atoms. The highest BCUT2D eigenvalue weighted by Gasteiger charge is 2.24. The summed E-state index contributed by atoms with van der Waals surface area (Å²) >= 11 is 0. The molecule has 0 bridgehead atoms. The molecule has 2 rings (SSSR count). The SMILES string of the molecule is CC1CC(C)CN(CC(C)NC(=O)c2cc([N+](=O)[O-])cc([N+](=O)[O-])c2)C1. The molecule has 0 aliphatic carbocycles. The third-order valence-electron chi connectivity index (χ3n) is 4.44. The Morgan fingerprint density at radius 3 is 2.12 bits per heavy atom. The average molecular weight is 364 g/mol. The van der Waals surface area contributed by atoms with Gasteiger partial charge in [0, 0.05) is 37.8 Å². The third kappa shape index (κ3) is 5.22. The first-order chi connectivity index (χ1) is 12.2. The molecule has 1 N–H and O–H groups in total. The van der Waals surface area contributed by atoms with Crippen molar-refractivity contribution < 1.29 is 14.6 Å². The van der Waals surface area contributed by atoms with Gasteiger partial charge in [-0.25, -0.2) is 0 Å². The number of nitrogens with one attached hydrogen (secondary N) is 1. The van der Waals surface area contributed by atoms with Gasteiger partial charge in [-0.1, -0.05) is 13.8 Å². The Hall–Kier alpha value is -2.55. The highest BCUT2D eigenvalue weighted by molar-refractivity contribution is 5.95. The first-order valence-corrected chi connectivity index (χ1v) is 8.62. The fraction of sp³-hybridized carbons (Fsp3) is 0.588. The minimum atomic E-state index is -0.746. The summed E-state index contributed by atoms with van der Waals surface area (Å²) in [6.45, 7) is 8.85. The fourth-order valence-electron chi connectivity index (χ4n) is 3.62. The molecule has 9 nitrogen and oxygen atoms in total. The number of amides is 1. The number of rotatable bonds is 6. The number of hydrogen-bond acceptors (Lipinski definition) is 6. The van der Waals surface area contributed by atoms with E-state index in [0.29, 0.717) is 18.4 Å². The van der Waals surface area contributed by atoms with Crippen LogP contribution in [0, 0.1) is 32.1 Å². The van der Waals surface area contributed by atoms with Crippen LogP contribution in [-0.2, 0) is 0 Å². The van der Waals surface area contributed by atoms with E-state index in [9.17, 15) is 25.0 Å². The lowest BCUT2D eigenvalue weighted by Gasteiger charge is -2.36. The molecule has 0 aromatic heterocycles. The molecule has 1 fully saturated rings. The smallest absolute Gasteiger partial charge is 0.277 e. The van der Waals surface area contributed by atoms with E-state index in [-0.39, 0.29) is 11.6 Å². The van der Waals surface area contributed by atoms with Crippen LogP contribution in [0.25, 0.3) is 0 Å². The molecule has 1 heterocycles. The Morgan fingerprint density at radius 1 is 1.15 bits per heavy atom. The molecule has 1 aromatic carbocycles. The van der Waals surface area contributed by atoms with Crippen molar-refractivity contribution in [1.29, 1.82) is 0 Å². The predicted molar refractivity (Wildman–Crippen MR) is 96.1 cm³/mol. The van der Waals surface area contributed by atoms with E-state index in [1.54, 1.807) is 0 Å². The summed E-state index contributed by atoms with van der Waals surface area (Å²) in [6.07, 6.45) is 1.19. The van der Waals surface area contributed by atoms with Crippen LogP contribution in [0.5, 0.6) is 0 Å². The molecule has 1 amide bonds. The van der Waals surface area contributed by atoms with Crippen molar-refractivity contribution in [2.45, 2.75) is 33.2 Å². The van der Waals surface area contributed by atoms with Crippen molar-refractivity contribution >= 4 is 17.3 Å². The molecule has 1 aliphatic rings. The first kappa shape index (κ1) is 19.8. The lowest BCUT2D eigenvalue weighted by molar-refractivity contribution is -0.394. The normalized spacial score (nSPS) is 21.8. The van der Waals surface area contributed by atoms with Crippen LogP contribution in [0.15, 0.2) is 18.2 Å². The Balaban J connectivity index is 2.06. The number of carbonyl (C=O) groups excluding carboxylic acids is 1. The predicted octanol–water partition coefficient (Wildman–Crippen LogP) is 2.60. The molecule has 0 radical (unpaired) electrons. The monoisotopic (exact) mass is 364 g/mol. The van der Waals surface area contributed by atoms with E-state index in [1.807, 2.05) is 6.92 Å². The van der Waals surface area contributed by atoms with Crippen molar-refractivity contribution in [3.63, 3.8) is 0 Å². The van der Waals surface area contributed by atoms with Crippen LogP contribution in [0.4, 0.5) is 11.4 Å². The highest BCUT2D eigenvalue weighted by atomic mass is 16.6. The summed E-state index contributed by atoms with van der Waals surface area (Å²) < 4.78 is 0. The number of hydrogen-bond donors (Lipinski definition) is 1. The van der Waals surface area contributed by atoms with Crippen molar-refractivity contribution in [2.75, 3.05) is 19.6 Å². The van der Waals surface area contributed by atoms with Crippen LogP contribution >= 0.6 is 0 Å². The Morgan fingerprint density at radius 2 is 1.65 bits per heavy atom. The number of carbonyl (C=O) groups is 1. The van der Waals surface area contributed by atoms with Gasteiger partial charge in [-0.15, -0.1) is 0 Å². The summed E-state index contributed by atoms with van der Waals surface area (Å²) in [5.41, 5.74) is -1.04. The van der Waals surface area contributed by atoms with Crippen molar-refractivity contribution in [2.24, 2.45) is 11.8 Å². The summed E-state index contributed by atoms with van der Waals surface area (Å²) in [6, 6.07) is 2.77. The lowest BCUT2D eigenvalue weighted by Crippen LogP contribution is -2.47. The van der Waals surface area contributed by atoms with Gasteiger partial charge in [0.05, 0.1) is 21.5 Å². The van der Waals surface area contributed by atoms with E-state index in [2.05, 4.69) is 24.1 Å². The molecule has 1 aromatic rings. The molecular weight excluding hydrogens is 340 g/mol. The number of nitro benzene ring substituents is 2. The van der Waals surface area contributed by atoms with E-state index in [4.69, 9.17) is 0 Å². The second-order valence-electron chi connectivity index (χ2n) is 7.29. The standard InChI is InChI=1S/C17H24N4O5/c1-11-4-12(2)9-19(8-11)10-13(3)18-17(22)14-5-15(20(23)24)7-16(6-14)21(25)26/h5-7,11-13H,4,8-10H2,1-3H3,(H,18,22). The lowest BCUT2D eigenvalue weighted by atomic mass is 9.92. The maximum Gasteiger partial charge on any atom is 0.277 e. The Bertz CT molecular complexity index is 666. The van der Waals surface area contributed by atoms with Gasteiger partial charge in [0.2, 0.25) is 0 Å². The zero-order valence-electron chi connectivity index (χ0n) is 15.2. The van der Waals surface area contributed by atoms with Gasteiger partial charge in [0.1, 0.15) is 0 Å². The quantitative estimate of drug-likeness (QED) is 0.612. The largest absolute Gasteiger partial charge is 0.348 e. The van der Waals surface area contributed by atoms with Gasteiger partial charge < -0.3 is 10.2 Å². The maximum atomic E-state index is 12.4. The molecule has 1 saturated heterocycles. The van der Waals surface area contributed by atoms with Gasteiger partial charge in [-0.3, -0.25) is 25.0 Å². The number of nitrogens with zero attached hydrogens (tertiary/aromatic N) is 3. The van der Waals surface area contributed by atoms with Crippen molar-refractivity contribution in [1.82, 2.24) is 10.2 Å². The van der Waals surface area contributed by atoms with Crippen LogP contribution < -0.4 is 5.32 Å². The van der Waals surface area contributed by atoms with Gasteiger partial charge in [-0.2, -0.15) is 0 Å². The van der Waals surface area contributed by atoms with Gasteiger partial charge >= 0.3 is 0 Å². The summed E-state index contributed by atoms with van der Waals surface area (Å²) in [7, 11) is 0. The first-order valence-electron chi connectivity index (χ1n) is 8.62. The van der Waals surface area contributed by atoms with Crippen molar-refractivity contribution in [3.8, 4) is 0 Å². The highest BCUT2D eigenvalue weighted by Crippen LogP contribution is 2.23. The molecule has 3 atom stereocenters. The molecule has 9 heteroatoms. The zero-order valence-corrected chi connectivity index (χ0v) is 15.2. The topological polar surface area (TPSA) is 119 Å². The van der Waals surface area contributed by atoms with Crippen LogP contribution in [0.2, 0.25) is 0 Å². The van der Waals surface area contributed by atoms with Crippen LogP contribution in [-0.4, -0.2) is 46.3 Å². The minimum absolute atomic E-state index is 0.0851. The van der Waals surface area contributed by atoms with Gasteiger partial charge in [0.15, 0.2) is 0 Å². The minimum Gasteiger partial charge on any atom is -0.348 e. The summed E-state index contributed by atoms with van der Waals surface area (Å²) in [5.74, 6) is 0.643. The van der Waals surface area contributed by atoms with Crippen LogP contribution in [0.1, 0.15) is 37.6 Å². The Labute approximate surface area is 151 Å². The number of piperidine rings is 1. The maximum absolute atomic E-state index is 12.4. The van der Waals surface area contributed by atoms with E-state index in [1.165, 1.54) is 6.42 Å². The fourth-order valence-corrected chi connectivity index (χ4v) is 3.62. The van der Waals surface area contributed by atoms with Gasteiger partial charge in [-0.05, 0) is 25.2 Å². The van der Waals surface area contributed by atoms with E-state index >= 15 is 0 Å². The summed E-state index contributed by atoms with van der Waals surface area (Å²) in [4.78, 5) is 35.1. The average Bonchev–Trinajstić information content (AvgIpc) is 2.52. The molecule has 142 valence electrons. The molecular formula is C17H24N4O5. The zero-order chi connectivity index (χ0) is 19.4. The summed E-state index contributed by atoms with van der Waals surface area (Å²) in [5, 5.41) is 24.7. The molecule has 0 saturated carbocycles. The van der Waals surface area contributed by atoms with Gasteiger partial charge in [0.25, 0.3) is 17.3 Å². The number of nitro groups is 2. The number of likely N-dealkylation sites (tertiary alicyclic amines) is 1. The second kappa shape index (κ2) is 8.22. The third-order valence-corrected chi connectivity index (χ3v) is 4.44. The Kier molecular flexibility index (Phi) is 6.25. The number of benzene rings is 1. The van der Waals surface area contributed by atoms with Crippen molar-refractivity contribution in [3.05, 3.63) is 44.0 Å². The second-order valence-corrected chi connectivity index (χ2v) is 7.29. The molecule has 3 unspecified atom stereocenters.